The van der Waals surface area contributed by atoms with Crippen molar-refractivity contribution in [2.45, 2.75) is 25.8 Å². The van der Waals surface area contributed by atoms with Crippen LogP contribution in [0.15, 0.2) is 42.6 Å². The largest absolute Gasteiger partial charge is 0.493 e. The molecule has 154 valence electrons. The molecule has 3 aromatic rings. The van der Waals surface area contributed by atoms with Crippen molar-refractivity contribution in [1.29, 1.82) is 0 Å². The Morgan fingerprint density at radius 1 is 1.21 bits per heavy atom. The van der Waals surface area contributed by atoms with Crippen LogP contribution in [0, 0.1) is 0 Å². The van der Waals surface area contributed by atoms with Gasteiger partial charge in [0.1, 0.15) is 0 Å². The van der Waals surface area contributed by atoms with E-state index in [1.54, 1.807) is 7.11 Å². The normalized spacial score (nSPS) is 16.7. The molecule has 1 aliphatic heterocycles. The van der Waals surface area contributed by atoms with Gasteiger partial charge < -0.3 is 14.5 Å². The Labute approximate surface area is 177 Å². The molecule has 4 rings (SSSR count). The Hall–Kier alpha value is -2.11. The van der Waals surface area contributed by atoms with Crippen LogP contribution in [-0.2, 0) is 12.8 Å². The zero-order chi connectivity index (χ0) is 20.2. The van der Waals surface area contributed by atoms with E-state index in [-0.39, 0.29) is 0 Å². The number of thioether (sulfide) groups is 1. The van der Waals surface area contributed by atoms with E-state index in [4.69, 9.17) is 9.47 Å². The van der Waals surface area contributed by atoms with E-state index in [2.05, 4.69) is 58.7 Å². The fourth-order valence-corrected chi connectivity index (χ4v) is 4.83. The maximum Gasteiger partial charge on any atom is 0.161 e. The third-order valence-corrected chi connectivity index (χ3v) is 6.46. The number of nitrogens with zero attached hydrogens (tertiary/aromatic N) is 1. The topological polar surface area (TPSA) is 37.5 Å². The molecule has 5 heteroatoms. The molecule has 1 atom stereocenters. The van der Waals surface area contributed by atoms with Crippen LogP contribution in [0.25, 0.3) is 10.9 Å². The Balaban J connectivity index is 1.74. The summed E-state index contributed by atoms with van der Waals surface area (Å²) in [7, 11) is 1.72. The predicted molar refractivity (Wildman–Crippen MR) is 123 cm³/mol. The average molecular weight is 411 g/mol. The molecular weight excluding hydrogens is 380 g/mol. The summed E-state index contributed by atoms with van der Waals surface area (Å²) < 4.78 is 11.5. The smallest absolute Gasteiger partial charge is 0.161 e. The van der Waals surface area contributed by atoms with Crippen LogP contribution in [0.3, 0.4) is 0 Å². The molecule has 0 saturated carbocycles. The van der Waals surface area contributed by atoms with Gasteiger partial charge >= 0.3 is 0 Å². The molecule has 1 unspecified atom stereocenters. The summed E-state index contributed by atoms with van der Waals surface area (Å²) >= 11 is 1.91. The number of aromatic nitrogens is 1. The molecule has 0 bridgehead atoms. The number of methoxy groups -OCH3 is 1. The van der Waals surface area contributed by atoms with Gasteiger partial charge in [-0.25, -0.2) is 0 Å². The van der Waals surface area contributed by atoms with Crippen molar-refractivity contribution in [3.05, 3.63) is 59.3 Å². The molecular formula is C24H30N2O2S. The minimum absolute atomic E-state index is 0.343. The van der Waals surface area contributed by atoms with Crippen LogP contribution in [0.4, 0.5) is 0 Å². The molecule has 0 fully saturated rings. The zero-order valence-electron chi connectivity index (χ0n) is 17.5. The first-order chi connectivity index (χ1) is 14.2. The highest BCUT2D eigenvalue weighted by Crippen LogP contribution is 2.40. The standard InChI is InChI=1S/C24H30N2O2S/c1-4-28-24-15-20-17(14-23(24)27-2)9-10-26(11-12-29-3)22(20)13-18-16-25-21-8-6-5-7-19(18)21/h5-8,14-16,22,25H,4,9-13H2,1-3H3. The monoisotopic (exact) mass is 410 g/mol. The van der Waals surface area contributed by atoms with Gasteiger partial charge in [-0.2, -0.15) is 11.8 Å². The van der Waals surface area contributed by atoms with Crippen LogP contribution < -0.4 is 9.47 Å². The first kappa shape index (κ1) is 20.2. The number of fused-ring (bicyclic) bond motifs is 2. The van der Waals surface area contributed by atoms with Gasteiger partial charge in [0.15, 0.2) is 11.5 Å². The lowest BCUT2D eigenvalue weighted by molar-refractivity contribution is 0.194. The molecule has 2 heterocycles. The van der Waals surface area contributed by atoms with E-state index >= 15 is 0 Å². The molecule has 4 nitrogen and oxygen atoms in total. The lowest BCUT2D eigenvalue weighted by atomic mass is 9.88. The van der Waals surface area contributed by atoms with E-state index in [0.717, 1.165) is 43.2 Å². The van der Waals surface area contributed by atoms with Crippen molar-refractivity contribution in [3.63, 3.8) is 0 Å². The highest BCUT2D eigenvalue weighted by molar-refractivity contribution is 7.98. The molecule has 1 N–H and O–H groups in total. The van der Waals surface area contributed by atoms with Crippen LogP contribution >= 0.6 is 11.8 Å². The third-order valence-electron chi connectivity index (χ3n) is 5.86. The van der Waals surface area contributed by atoms with Crippen molar-refractivity contribution in [3.8, 4) is 11.5 Å². The number of H-pyrrole nitrogens is 1. The minimum Gasteiger partial charge on any atom is -0.493 e. The van der Waals surface area contributed by atoms with Gasteiger partial charge in [-0.3, -0.25) is 4.90 Å². The number of aromatic amines is 1. The van der Waals surface area contributed by atoms with Gasteiger partial charge in [-0.05, 0) is 60.9 Å². The van der Waals surface area contributed by atoms with Gasteiger partial charge in [0.2, 0.25) is 0 Å². The minimum atomic E-state index is 0.343. The maximum absolute atomic E-state index is 5.91. The second-order valence-corrected chi connectivity index (χ2v) is 8.48. The summed E-state index contributed by atoms with van der Waals surface area (Å²) in [5.41, 5.74) is 5.35. The van der Waals surface area contributed by atoms with Crippen molar-refractivity contribution in [2.75, 3.05) is 38.8 Å². The molecule has 0 radical (unpaired) electrons. The molecule has 0 aliphatic carbocycles. The second-order valence-electron chi connectivity index (χ2n) is 7.49. The number of benzene rings is 2. The Bertz CT molecular complexity index is 969. The average Bonchev–Trinajstić information content (AvgIpc) is 3.16. The summed E-state index contributed by atoms with van der Waals surface area (Å²) in [6, 6.07) is 13.3. The summed E-state index contributed by atoms with van der Waals surface area (Å²) in [6.07, 6.45) is 6.41. The predicted octanol–water partition coefficient (Wildman–Crippen LogP) is 5.08. The Morgan fingerprint density at radius 2 is 2.07 bits per heavy atom. The van der Waals surface area contributed by atoms with Gasteiger partial charge in [-0.15, -0.1) is 0 Å². The number of hydrogen-bond donors (Lipinski definition) is 1. The maximum atomic E-state index is 5.91. The quantitative estimate of drug-likeness (QED) is 0.562. The summed E-state index contributed by atoms with van der Waals surface area (Å²) in [6.45, 7) is 4.84. The SMILES string of the molecule is CCOc1cc2c(cc1OC)CCN(CCSC)C2Cc1c[nH]c2ccccc12. The number of hydrogen-bond acceptors (Lipinski definition) is 4. The molecule has 0 saturated heterocycles. The highest BCUT2D eigenvalue weighted by Gasteiger charge is 2.29. The van der Waals surface area contributed by atoms with Crippen molar-refractivity contribution < 1.29 is 9.47 Å². The van der Waals surface area contributed by atoms with E-state index in [9.17, 15) is 0 Å². The molecule has 1 aromatic heterocycles. The lowest BCUT2D eigenvalue weighted by Crippen LogP contribution is -2.38. The van der Waals surface area contributed by atoms with Gasteiger partial charge in [0, 0.05) is 42.0 Å². The third kappa shape index (κ3) is 4.12. The molecule has 29 heavy (non-hydrogen) atoms. The number of nitrogens with one attached hydrogen (secondary N) is 1. The lowest BCUT2D eigenvalue weighted by Gasteiger charge is -2.38. The van der Waals surface area contributed by atoms with Crippen LogP contribution in [0.1, 0.15) is 29.7 Å². The van der Waals surface area contributed by atoms with Crippen LogP contribution in [-0.4, -0.2) is 48.7 Å². The Morgan fingerprint density at radius 3 is 2.86 bits per heavy atom. The summed E-state index contributed by atoms with van der Waals surface area (Å²) in [4.78, 5) is 6.08. The van der Waals surface area contributed by atoms with E-state index in [1.807, 2.05) is 18.7 Å². The van der Waals surface area contributed by atoms with E-state index < -0.39 is 0 Å². The van der Waals surface area contributed by atoms with Gasteiger partial charge in [0.05, 0.1) is 13.7 Å². The molecule has 2 aromatic carbocycles. The first-order valence-corrected chi connectivity index (χ1v) is 11.8. The highest BCUT2D eigenvalue weighted by atomic mass is 32.2. The fourth-order valence-electron chi connectivity index (χ4n) is 4.41. The molecule has 1 aliphatic rings. The van der Waals surface area contributed by atoms with Gasteiger partial charge in [-0.1, -0.05) is 18.2 Å². The second kappa shape index (κ2) is 9.14. The van der Waals surface area contributed by atoms with Gasteiger partial charge in [0.25, 0.3) is 0 Å². The Kier molecular flexibility index (Phi) is 6.36. The van der Waals surface area contributed by atoms with E-state index in [1.165, 1.54) is 27.6 Å². The van der Waals surface area contributed by atoms with Crippen molar-refractivity contribution >= 4 is 22.7 Å². The van der Waals surface area contributed by atoms with Crippen LogP contribution in [0.5, 0.6) is 11.5 Å². The molecule has 0 amide bonds. The first-order valence-electron chi connectivity index (χ1n) is 10.4. The summed E-state index contributed by atoms with van der Waals surface area (Å²) in [5.74, 6) is 2.84. The molecule has 0 spiro atoms. The van der Waals surface area contributed by atoms with Crippen molar-refractivity contribution in [1.82, 2.24) is 9.88 Å². The summed E-state index contributed by atoms with van der Waals surface area (Å²) in [5, 5.41) is 1.32. The zero-order valence-corrected chi connectivity index (χ0v) is 18.3. The number of ether oxygens (including phenoxy) is 2. The number of para-hydroxylation sites is 1. The van der Waals surface area contributed by atoms with Crippen LogP contribution in [0.2, 0.25) is 0 Å². The number of rotatable bonds is 8. The van der Waals surface area contributed by atoms with Crippen molar-refractivity contribution in [2.24, 2.45) is 0 Å². The fraction of sp³-hybridized carbons (Fsp3) is 0.417. The van der Waals surface area contributed by atoms with E-state index in [0.29, 0.717) is 12.6 Å².